The van der Waals surface area contributed by atoms with E-state index in [1.54, 1.807) is 18.8 Å². The average molecular weight is 204 g/mol. The van der Waals surface area contributed by atoms with Gasteiger partial charge in [-0.05, 0) is 24.3 Å². The SMILES string of the molecule is CCCSC(C)C(=O)N(C)CN=O. The largest absolute Gasteiger partial charge is 0.322 e. The van der Waals surface area contributed by atoms with Crippen LogP contribution in [0.1, 0.15) is 20.3 Å². The van der Waals surface area contributed by atoms with Crippen LogP contribution in [0.3, 0.4) is 0 Å². The van der Waals surface area contributed by atoms with Crippen molar-refractivity contribution in [1.29, 1.82) is 0 Å². The van der Waals surface area contributed by atoms with Gasteiger partial charge in [-0.1, -0.05) is 6.92 Å². The molecule has 1 unspecified atom stereocenters. The molecule has 76 valence electrons. The van der Waals surface area contributed by atoms with E-state index >= 15 is 0 Å². The lowest BCUT2D eigenvalue weighted by molar-refractivity contribution is -0.128. The Labute approximate surface area is 83.0 Å². The van der Waals surface area contributed by atoms with Crippen molar-refractivity contribution in [3.05, 3.63) is 4.91 Å². The topological polar surface area (TPSA) is 49.7 Å². The quantitative estimate of drug-likeness (QED) is 0.619. The number of hydrogen-bond donors (Lipinski definition) is 0. The molecule has 0 spiro atoms. The molecule has 0 aromatic heterocycles. The van der Waals surface area contributed by atoms with E-state index in [1.165, 1.54) is 4.90 Å². The molecule has 0 aliphatic heterocycles. The molecule has 0 saturated heterocycles. The maximum absolute atomic E-state index is 11.4. The van der Waals surface area contributed by atoms with Gasteiger partial charge in [-0.3, -0.25) is 4.79 Å². The minimum Gasteiger partial charge on any atom is -0.322 e. The second-order valence-corrected chi connectivity index (χ2v) is 4.27. The number of amides is 1. The summed E-state index contributed by atoms with van der Waals surface area (Å²) >= 11 is 1.60. The van der Waals surface area contributed by atoms with Gasteiger partial charge < -0.3 is 4.90 Å². The molecular formula is C8H16N2O2S. The Kier molecular flexibility index (Phi) is 6.58. The molecule has 0 rings (SSSR count). The lowest BCUT2D eigenvalue weighted by Crippen LogP contribution is -2.33. The molecule has 13 heavy (non-hydrogen) atoms. The van der Waals surface area contributed by atoms with Crippen LogP contribution in [0, 0.1) is 4.91 Å². The third kappa shape index (κ3) is 4.87. The molecule has 0 aliphatic rings. The van der Waals surface area contributed by atoms with Crippen LogP contribution in [0.4, 0.5) is 0 Å². The van der Waals surface area contributed by atoms with Crippen molar-refractivity contribution in [2.24, 2.45) is 5.18 Å². The van der Waals surface area contributed by atoms with E-state index in [1.807, 2.05) is 6.92 Å². The van der Waals surface area contributed by atoms with Crippen molar-refractivity contribution in [2.75, 3.05) is 19.5 Å². The van der Waals surface area contributed by atoms with E-state index in [0.717, 1.165) is 12.2 Å². The Hall–Kier alpha value is -0.580. The first-order chi connectivity index (χ1) is 6.13. The zero-order chi connectivity index (χ0) is 10.3. The molecule has 1 atom stereocenters. The summed E-state index contributed by atoms with van der Waals surface area (Å²) in [6, 6.07) is 0. The highest BCUT2D eigenvalue weighted by atomic mass is 32.2. The van der Waals surface area contributed by atoms with Crippen molar-refractivity contribution in [1.82, 2.24) is 4.90 Å². The van der Waals surface area contributed by atoms with Gasteiger partial charge in [0.15, 0.2) is 6.67 Å². The van der Waals surface area contributed by atoms with Crippen LogP contribution in [0.2, 0.25) is 0 Å². The van der Waals surface area contributed by atoms with Crippen LogP contribution in [-0.4, -0.2) is 35.5 Å². The second-order valence-electron chi connectivity index (χ2n) is 2.82. The highest BCUT2D eigenvalue weighted by Gasteiger charge is 2.16. The highest BCUT2D eigenvalue weighted by Crippen LogP contribution is 2.13. The van der Waals surface area contributed by atoms with Crippen molar-refractivity contribution in [2.45, 2.75) is 25.5 Å². The summed E-state index contributed by atoms with van der Waals surface area (Å²) < 4.78 is 0. The van der Waals surface area contributed by atoms with Crippen molar-refractivity contribution >= 4 is 17.7 Å². The molecule has 0 bridgehead atoms. The van der Waals surface area contributed by atoms with Crippen LogP contribution in [-0.2, 0) is 4.79 Å². The van der Waals surface area contributed by atoms with Gasteiger partial charge in [0.2, 0.25) is 5.91 Å². The Bertz CT molecular complexity index is 176. The van der Waals surface area contributed by atoms with Gasteiger partial charge in [-0.2, -0.15) is 0 Å². The molecule has 4 nitrogen and oxygen atoms in total. The number of carbonyl (C=O) groups excluding carboxylic acids is 1. The monoisotopic (exact) mass is 204 g/mol. The summed E-state index contributed by atoms with van der Waals surface area (Å²) in [4.78, 5) is 22.7. The van der Waals surface area contributed by atoms with E-state index in [-0.39, 0.29) is 17.8 Å². The number of nitrogens with zero attached hydrogens (tertiary/aromatic N) is 2. The lowest BCUT2D eigenvalue weighted by Gasteiger charge is -2.17. The number of carbonyl (C=O) groups is 1. The Morgan fingerprint density at radius 3 is 2.69 bits per heavy atom. The van der Waals surface area contributed by atoms with Crippen molar-refractivity contribution < 1.29 is 4.79 Å². The maximum Gasteiger partial charge on any atom is 0.236 e. The van der Waals surface area contributed by atoms with Crippen molar-refractivity contribution in [3.8, 4) is 0 Å². The lowest BCUT2D eigenvalue weighted by atomic mass is 10.4. The Balaban J connectivity index is 3.86. The van der Waals surface area contributed by atoms with Crippen LogP contribution in [0.15, 0.2) is 5.18 Å². The van der Waals surface area contributed by atoms with Gasteiger partial charge in [-0.25, -0.2) is 0 Å². The standard InChI is InChI=1S/C8H16N2O2S/c1-4-5-13-7(2)8(11)10(3)6-9-12/h7H,4-6H2,1-3H3. The van der Waals surface area contributed by atoms with E-state index < -0.39 is 0 Å². The summed E-state index contributed by atoms with van der Waals surface area (Å²) in [5, 5.41) is 2.59. The molecule has 5 heteroatoms. The fourth-order valence-electron chi connectivity index (χ4n) is 0.833. The van der Waals surface area contributed by atoms with Crippen LogP contribution in [0.5, 0.6) is 0 Å². The van der Waals surface area contributed by atoms with E-state index in [0.29, 0.717) is 0 Å². The molecule has 0 radical (unpaired) electrons. The number of hydrogen-bond acceptors (Lipinski definition) is 4. The molecule has 0 aliphatic carbocycles. The van der Waals surface area contributed by atoms with Gasteiger partial charge in [0.25, 0.3) is 0 Å². The Morgan fingerprint density at radius 1 is 1.62 bits per heavy atom. The van der Waals surface area contributed by atoms with Crippen LogP contribution in [0.25, 0.3) is 0 Å². The van der Waals surface area contributed by atoms with Gasteiger partial charge in [0.1, 0.15) is 0 Å². The first kappa shape index (κ1) is 12.4. The number of nitroso groups, excluding NO2 is 1. The summed E-state index contributed by atoms with van der Waals surface area (Å²) in [5.41, 5.74) is 0. The minimum atomic E-state index is -0.0771. The first-order valence-electron chi connectivity index (χ1n) is 4.29. The smallest absolute Gasteiger partial charge is 0.236 e. The maximum atomic E-state index is 11.4. The molecule has 1 amide bonds. The fraction of sp³-hybridized carbons (Fsp3) is 0.875. The molecule has 0 heterocycles. The predicted molar refractivity (Wildman–Crippen MR) is 55.6 cm³/mol. The molecule has 0 aromatic rings. The zero-order valence-electron chi connectivity index (χ0n) is 8.32. The predicted octanol–water partition coefficient (Wildman–Crippen LogP) is 1.70. The summed E-state index contributed by atoms with van der Waals surface area (Å²) in [6.07, 6.45) is 1.05. The molecule has 0 fully saturated rings. The van der Waals surface area contributed by atoms with Crippen molar-refractivity contribution in [3.63, 3.8) is 0 Å². The third-order valence-corrected chi connectivity index (χ3v) is 2.91. The van der Waals surface area contributed by atoms with E-state index in [2.05, 4.69) is 12.1 Å². The van der Waals surface area contributed by atoms with Gasteiger partial charge in [-0.15, -0.1) is 16.7 Å². The second kappa shape index (κ2) is 6.88. The van der Waals surface area contributed by atoms with Gasteiger partial charge >= 0.3 is 0 Å². The molecular weight excluding hydrogens is 188 g/mol. The number of rotatable bonds is 6. The summed E-state index contributed by atoms with van der Waals surface area (Å²) in [5.74, 6) is 0.938. The summed E-state index contributed by atoms with van der Waals surface area (Å²) in [7, 11) is 1.59. The zero-order valence-corrected chi connectivity index (χ0v) is 9.13. The third-order valence-electron chi connectivity index (χ3n) is 1.57. The van der Waals surface area contributed by atoms with Crippen LogP contribution < -0.4 is 0 Å². The first-order valence-corrected chi connectivity index (χ1v) is 5.34. The molecule has 0 aromatic carbocycles. The highest BCUT2D eigenvalue weighted by molar-refractivity contribution is 8.00. The fourth-order valence-corrected chi connectivity index (χ4v) is 1.74. The van der Waals surface area contributed by atoms with Gasteiger partial charge in [0, 0.05) is 7.05 Å². The minimum absolute atomic E-state index is 0.0296. The van der Waals surface area contributed by atoms with E-state index in [9.17, 15) is 9.70 Å². The molecule has 0 N–H and O–H groups in total. The number of thioether (sulfide) groups is 1. The average Bonchev–Trinajstić information content (AvgIpc) is 2.13. The van der Waals surface area contributed by atoms with Crippen LogP contribution >= 0.6 is 11.8 Å². The normalized spacial score (nSPS) is 12.2. The van der Waals surface area contributed by atoms with E-state index in [4.69, 9.17) is 0 Å². The van der Waals surface area contributed by atoms with Gasteiger partial charge in [0.05, 0.1) is 5.25 Å². The summed E-state index contributed by atoms with van der Waals surface area (Å²) in [6.45, 7) is 3.86. The molecule has 0 saturated carbocycles. The Morgan fingerprint density at radius 2 is 2.23 bits per heavy atom.